The van der Waals surface area contributed by atoms with Crippen molar-refractivity contribution in [1.29, 1.82) is 0 Å². The van der Waals surface area contributed by atoms with Gasteiger partial charge in [0.05, 0.1) is 38.8 Å². The molecular weight excluding hydrogens is 657 g/mol. The normalized spacial score (nSPS) is 12.1. The van der Waals surface area contributed by atoms with Gasteiger partial charge in [-0.05, 0) is 58.7 Å². The van der Waals surface area contributed by atoms with Gasteiger partial charge in [0, 0.05) is 43.3 Å². The summed E-state index contributed by atoms with van der Waals surface area (Å²) in [7, 11) is 0. The van der Waals surface area contributed by atoms with E-state index in [1.54, 1.807) is 0 Å². The van der Waals surface area contributed by atoms with Crippen LogP contribution in [0.4, 0.5) is 0 Å². The minimum absolute atomic E-state index is 0.661. The number of para-hydroxylation sites is 3. The lowest BCUT2D eigenvalue weighted by molar-refractivity contribution is 1.01. The zero-order valence-corrected chi connectivity index (χ0v) is 29.1. The average Bonchev–Trinajstić information content (AvgIpc) is 3.88. The van der Waals surface area contributed by atoms with Crippen molar-refractivity contribution in [3.63, 3.8) is 0 Å². The first-order valence-corrected chi connectivity index (χ1v) is 18.4. The molecule has 0 bridgehead atoms. The monoisotopic (exact) mass is 686 g/mol. The third kappa shape index (κ3) is 4.08. The molecule has 4 nitrogen and oxygen atoms in total. The number of hydrogen-bond donors (Lipinski definition) is 0. The van der Waals surface area contributed by atoms with Crippen LogP contribution in [0.2, 0.25) is 0 Å². The zero-order chi connectivity index (χ0) is 35.3. The van der Waals surface area contributed by atoms with Crippen molar-refractivity contribution < 1.29 is 0 Å². The molecule has 0 aliphatic heterocycles. The van der Waals surface area contributed by atoms with Gasteiger partial charge in [0.2, 0.25) is 5.95 Å². The Morgan fingerprint density at radius 3 is 1.65 bits per heavy atom. The molecule has 4 aromatic heterocycles. The molecule has 0 aliphatic rings. The van der Waals surface area contributed by atoms with Crippen LogP contribution >= 0.6 is 0 Å². The van der Waals surface area contributed by atoms with Crippen molar-refractivity contribution in [2.45, 2.75) is 0 Å². The maximum absolute atomic E-state index is 5.46. The van der Waals surface area contributed by atoms with Gasteiger partial charge >= 0.3 is 0 Å². The number of hydrogen-bond acceptors (Lipinski definition) is 2. The summed E-state index contributed by atoms with van der Waals surface area (Å²) in [5.74, 6) is 0.661. The molecule has 0 saturated heterocycles. The van der Waals surface area contributed by atoms with E-state index < -0.39 is 0 Å². The van der Waals surface area contributed by atoms with E-state index in [2.05, 4.69) is 191 Å². The van der Waals surface area contributed by atoms with Gasteiger partial charge in [-0.25, -0.2) is 9.97 Å². The Bertz CT molecular complexity index is 3410. The molecule has 54 heavy (non-hydrogen) atoms. The molecule has 8 aromatic carbocycles. The first-order valence-electron chi connectivity index (χ1n) is 18.4. The van der Waals surface area contributed by atoms with Gasteiger partial charge in [-0.3, -0.25) is 4.57 Å². The summed E-state index contributed by atoms with van der Waals surface area (Å²) in [4.78, 5) is 10.8. The van der Waals surface area contributed by atoms with Gasteiger partial charge in [-0.15, -0.1) is 0 Å². The van der Waals surface area contributed by atoms with Crippen molar-refractivity contribution in [3.05, 3.63) is 182 Å². The van der Waals surface area contributed by atoms with Crippen LogP contribution in [0.1, 0.15) is 0 Å². The molecule has 0 fully saturated rings. The number of rotatable bonds is 4. The summed E-state index contributed by atoms with van der Waals surface area (Å²) in [6, 6.07) is 65.2. The van der Waals surface area contributed by atoms with E-state index in [0.29, 0.717) is 5.95 Å². The number of nitrogens with zero attached hydrogens (tertiary/aromatic N) is 4. The largest absolute Gasteiger partial charge is 0.308 e. The summed E-state index contributed by atoms with van der Waals surface area (Å²) < 4.78 is 4.76. The highest BCUT2D eigenvalue weighted by atomic mass is 15.2. The lowest BCUT2D eigenvalue weighted by atomic mass is 10.00. The second-order valence-corrected chi connectivity index (χ2v) is 14.2. The fraction of sp³-hybridized carbons (Fsp3) is 0. The van der Waals surface area contributed by atoms with Crippen LogP contribution in [0, 0.1) is 0 Å². The Hall–Kier alpha value is -7.30. The molecule has 4 heterocycles. The molecular formula is C50H30N4. The summed E-state index contributed by atoms with van der Waals surface area (Å²) in [5, 5.41) is 8.42. The molecule has 0 N–H and O–H groups in total. The zero-order valence-electron chi connectivity index (χ0n) is 29.1. The third-order valence-electron chi connectivity index (χ3n) is 11.3. The number of fused-ring (bicyclic) bond motifs is 11. The van der Waals surface area contributed by atoms with Gasteiger partial charge in [0.1, 0.15) is 0 Å². The summed E-state index contributed by atoms with van der Waals surface area (Å²) in [6.07, 6.45) is 0. The van der Waals surface area contributed by atoms with Crippen molar-refractivity contribution in [2.24, 2.45) is 0 Å². The lowest BCUT2D eigenvalue weighted by Crippen LogP contribution is -2.03. The molecule has 250 valence electrons. The van der Waals surface area contributed by atoms with Gasteiger partial charge in [0.25, 0.3) is 0 Å². The highest BCUT2D eigenvalue weighted by Crippen LogP contribution is 2.47. The smallest absolute Gasteiger partial charge is 0.235 e. The second-order valence-electron chi connectivity index (χ2n) is 14.2. The van der Waals surface area contributed by atoms with E-state index in [4.69, 9.17) is 9.97 Å². The Morgan fingerprint density at radius 1 is 0.333 bits per heavy atom. The molecule has 0 radical (unpaired) electrons. The Labute approximate surface area is 310 Å². The van der Waals surface area contributed by atoms with Crippen molar-refractivity contribution >= 4 is 70.8 Å². The second kappa shape index (κ2) is 11.1. The third-order valence-corrected chi connectivity index (χ3v) is 11.3. The first-order chi connectivity index (χ1) is 26.8. The van der Waals surface area contributed by atoms with E-state index in [9.17, 15) is 0 Å². The van der Waals surface area contributed by atoms with Crippen LogP contribution < -0.4 is 0 Å². The first kappa shape index (κ1) is 29.3. The van der Waals surface area contributed by atoms with Gasteiger partial charge in [-0.1, -0.05) is 146 Å². The fourth-order valence-electron chi connectivity index (χ4n) is 8.88. The van der Waals surface area contributed by atoms with E-state index >= 15 is 0 Å². The van der Waals surface area contributed by atoms with Crippen molar-refractivity contribution in [3.8, 4) is 39.5 Å². The quantitative estimate of drug-likeness (QED) is 0.185. The summed E-state index contributed by atoms with van der Waals surface area (Å²) in [5.41, 5.74) is 13.5. The van der Waals surface area contributed by atoms with Crippen molar-refractivity contribution in [2.75, 3.05) is 0 Å². The molecule has 12 rings (SSSR count). The van der Waals surface area contributed by atoms with E-state index in [0.717, 1.165) is 33.2 Å². The number of aromatic nitrogens is 4. The standard InChI is InChI=1S/C50H30N4/c1-3-13-31(14-4-1)33-23-25-34(26-24-33)48-36-17-7-10-20-41(36)51-50(52-48)54-43-22-12-8-18-37(43)46-45(54)30-40-39-29-35(32-15-5-2-6-16-32)27-28-44(39)53-42-21-11-9-19-38(42)47(46)49(40)53/h1-30H. The fourth-order valence-corrected chi connectivity index (χ4v) is 8.88. The molecule has 12 aromatic rings. The van der Waals surface area contributed by atoms with Gasteiger partial charge in [-0.2, -0.15) is 0 Å². The predicted molar refractivity (Wildman–Crippen MR) is 225 cm³/mol. The van der Waals surface area contributed by atoms with Gasteiger partial charge in [0.15, 0.2) is 0 Å². The van der Waals surface area contributed by atoms with Crippen LogP contribution in [0.3, 0.4) is 0 Å². The number of benzene rings is 8. The van der Waals surface area contributed by atoms with Crippen LogP contribution in [0.5, 0.6) is 0 Å². The Kier molecular flexibility index (Phi) is 6.02. The average molecular weight is 687 g/mol. The minimum Gasteiger partial charge on any atom is -0.308 e. The predicted octanol–water partition coefficient (Wildman–Crippen LogP) is 12.9. The Morgan fingerprint density at radius 2 is 0.889 bits per heavy atom. The summed E-state index contributed by atoms with van der Waals surface area (Å²) >= 11 is 0. The maximum atomic E-state index is 5.46. The van der Waals surface area contributed by atoms with Gasteiger partial charge < -0.3 is 4.40 Å². The van der Waals surface area contributed by atoms with Crippen molar-refractivity contribution in [1.82, 2.24) is 18.9 Å². The molecule has 0 spiro atoms. The summed E-state index contributed by atoms with van der Waals surface area (Å²) in [6.45, 7) is 0. The molecule has 0 atom stereocenters. The van der Waals surface area contributed by atoms with Crippen LogP contribution in [-0.4, -0.2) is 18.9 Å². The van der Waals surface area contributed by atoms with E-state index in [1.165, 1.54) is 71.1 Å². The minimum atomic E-state index is 0.661. The van der Waals surface area contributed by atoms with E-state index in [1.807, 2.05) is 0 Å². The van der Waals surface area contributed by atoms with E-state index in [-0.39, 0.29) is 0 Å². The maximum Gasteiger partial charge on any atom is 0.235 e. The van der Waals surface area contributed by atoms with Crippen LogP contribution in [0.15, 0.2) is 182 Å². The molecule has 0 amide bonds. The van der Waals surface area contributed by atoms with Crippen LogP contribution in [0.25, 0.3) is 110 Å². The molecule has 0 saturated carbocycles. The molecule has 4 heteroatoms. The molecule has 0 unspecified atom stereocenters. The lowest BCUT2D eigenvalue weighted by Gasteiger charge is -2.12. The topological polar surface area (TPSA) is 35.1 Å². The highest BCUT2D eigenvalue weighted by molar-refractivity contribution is 6.35. The highest BCUT2D eigenvalue weighted by Gasteiger charge is 2.25. The molecule has 0 aliphatic carbocycles. The SMILES string of the molecule is c1ccc(-c2ccc(-c3nc(-n4c5ccccc5c5c6c7ccccc7n7c8ccc(-c9ccccc9)cc8c(cc54)c67)nc4ccccc34)cc2)cc1. The van der Waals surface area contributed by atoms with Crippen LogP contribution in [-0.2, 0) is 0 Å². The Balaban J connectivity index is 1.19.